The molecule has 3 nitrogen and oxygen atoms in total. The molecule has 0 aliphatic heterocycles. The van der Waals surface area contributed by atoms with Crippen LogP contribution < -0.4 is 5.56 Å². The molecule has 3 rings (SSSR count). The van der Waals surface area contributed by atoms with E-state index in [1.54, 1.807) is 6.07 Å². The second kappa shape index (κ2) is 2.73. The summed E-state index contributed by atoms with van der Waals surface area (Å²) in [5.74, 6) is 0. The number of hydrogen-bond acceptors (Lipinski definition) is 1. The van der Waals surface area contributed by atoms with E-state index in [9.17, 15) is 4.79 Å². The van der Waals surface area contributed by atoms with Crippen LogP contribution in [0.25, 0.3) is 21.8 Å². The van der Waals surface area contributed by atoms with Crippen LogP contribution in [0.3, 0.4) is 0 Å². The maximum Gasteiger partial charge on any atom is 0.248 e. The lowest BCUT2D eigenvalue weighted by Crippen LogP contribution is -2.02. The van der Waals surface area contributed by atoms with Crippen molar-refractivity contribution < 1.29 is 0 Å². The van der Waals surface area contributed by atoms with E-state index in [1.165, 1.54) is 10.9 Å². The molecule has 1 aromatic carbocycles. The average molecular weight is 198 g/mol. The van der Waals surface area contributed by atoms with Crippen LogP contribution >= 0.6 is 0 Å². The summed E-state index contributed by atoms with van der Waals surface area (Å²) in [6, 6.07) is 7.35. The summed E-state index contributed by atoms with van der Waals surface area (Å²) in [5.41, 5.74) is 3.13. The minimum atomic E-state index is -0.0601. The zero-order chi connectivity index (χ0) is 10.4. The first-order valence-electron chi connectivity index (χ1n) is 4.85. The van der Waals surface area contributed by atoms with Crippen molar-refractivity contribution in [1.82, 2.24) is 9.97 Å². The van der Waals surface area contributed by atoms with Crippen molar-refractivity contribution in [2.45, 2.75) is 6.92 Å². The molecule has 0 aliphatic carbocycles. The summed E-state index contributed by atoms with van der Waals surface area (Å²) in [4.78, 5) is 17.2. The second-order valence-electron chi connectivity index (χ2n) is 3.74. The van der Waals surface area contributed by atoms with Crippen molar-refractivity contribution in [3.8, 4) is 0 Å². The summed E-state index contributed by atoms with van der Waals surface area (Å²) in [7, 11) is 0. The van der Waals surface area contributed by atoms with Gasteiger partial charge in [0.2, 0.25) is 5.56 Å². The van der Waals surface area contributed by atoms with Crippen molar-refractivity contribution in [2.75, 3.05) is 0 Å². The number of nitrogens with one attached hydrogen (secondary N) is 2. The van der Waals surface area contributed by atoms with E-state index in [1.807, 2.05) is 24.4 Å². The predicted molar refractivity (Wildman–Crippen MR) is 61.2 cm³/mol. The molecule has 3 aromatic rings. The first-order valence-corrected chi connectivity index (χ1v) is 4.85. The van der Waals surface area contributed by atoms with Gasteiger partial charge in [-0.05, 0) is 30.7 Å². The van der Waals surface area contributed by atoms with Crippen LogP contribution in [0.5, 0.6) is 0 Å². The molecule has 74 valence electrons. The Labute approximate surface area is 85.8 Å². The van der Waals surface area contributed by atoms with Gasteiger partial charge >= 0.3 is 0 Å². The molecule has 2 aromatic heterocycles. The average Bonchev–Trinajstić information content (AvgIpc) is 2.60. The van der Waals surface area contributed by atoms with Crippen LogP contribution in [0.4, 0.5) is 0 Å². The number of benzene rings is 1. The number of rotatable bonds is 0. The van der Waals surface area contributed by atoms with Crippen LogP contribution in [0.1, 0.15) is 5.56 Å². The molecule has 3 heteroatoms. The predicted octanol–water partition coefficient (Wildman–Crippen LogP) is 2.32. The van der Waals surface area contributed by atoms with Gasteiger partial charge in [0.25, 0.3) is 0 Å². The largest absolute Gasteiger partial charge is 0.361 e. The Balaban J connectivity index is 2.64. The Kier molecular flexibility index (Phi) is 1.51. The first-order chi connectivity index (χ1) is 7.25. The molecule has 0 bridgehead atoms. The fraction of sp³-hybridized carbons (Fsp3) is 0.0833. The molecule has 0 unspecified atom stereocenters. The molecule has 0 fully saturated rings. The first kappa shape index (κ1) is 8.29. The van der Waals surface area contributed by atoms with Gasteiger partial charge < -0.3 is 9.97 Å². The van der Waals surface area contributed by atoms with Gasteiger partial charge in [-0.15, -0.1) is 0 Å². The van der Waals surface area contributed by atoms with Crippen molar-refractivity contribution in [2.24, 2.45) is 0 Å². The monoisotopic (exact) mass is 198 g/mol. The van der Waals surface area contributed by atoms with Crippen molar-refractivity contribution in [1.29, 1.82) is 0 Å². The molecule has 0 atom stereocenters. The molecule has 15 heavy (non-hydrogen) atoms. The van der Waals surface area contributed by atoms with E-state index in [4.69, 9.17) is 0 Å². The van der Waals surface area contributed by atoms with Crippen LogP contribution in [-0.4, -0.2) is 9.97 Å². The summed E-state index contributed by atoms with van der Waals surface area (Å²) >= 11 is 0. The number of aromatic amines is 2. The van der Waals surface area contributed by atoms with Gasteiger partial charge in [0.15, 0.2) is 0 Å². The molecule has 0 saturated carbocycles. The zero-order valence-electron chi connectivity index (χ0n) is 8.29. The van der Waals surface area contributed by atoms with Crippen LogP contribution in [0.2, 0.25) is 0 Å². The second-order valence-corrected chi connectivity index (χ2v) is 3.74. The van der Waals surface area contributed by atoms with E-state index < -0.39 is 0 Å². The smallest absolute Gasteiger partial charge is 0.248 e. The normalized spacial score (nSPS) is 11.3. The fourth-order valence-corrected chi connectivity index (χ4v) is 2.04. The topological polar surface area (TPSA) is 48.6 Å². The van der Waals surface area contributed by atoms with Crippen molar-refractivity contribution in [3.63, 3.8) is 0 Å². The molecular formula is C12H10N2O. The lowest BCUT2D eigenvalue weighted by atomic mass is 10.1. The van der Waals surface area contributed by atoms with E-state index in [0.717, 1.165) is 16.4 Å². The van der Waals surface area contributed by atoms with Gasteiger partial charge in [-0.3, -0.25) is 4.79 Å². The summed E-state index contributed by atoms with van der Waals surface area (Å²) in [6.45, 7) is 2.06. The molecular weight excluding hydrogens is 188 g/mol. The highest BCUT2D eigenvalue weighted by Gasteiger charge is 2.04. The van der Waals surface area contributed by atoms with Gasteiger partial charge in [0.1, 0.15) is 0 Å². The quantitative estimate of drug-likeness (QED) is 0.572. The van der Waals surface area contributed by atoms with Gasteiger partial charge in [0, 0.05) is 34.1 Å². The highest BCUT2D eigenvalue weighted by atomic mass is 16.1. The fourth-order valence-electron chi connectivity index (χ4n) is 2.04. The number of aryl methyl sites for hydroxylation is 1. The Morgan fingerprint density at radius 2 is 1.87 bits per heavy atom. The van der Waals surface area contributed by atoms with E-state index in [0.29, 0.717) is 0 Å². The van der Waals surface area contributed by atoms with E-state index in [2.05, 4.69) is 16.9 Å². The SMILES string of the molecule is Cc1c[nH]c2ccc3[nH]c(=O)ccc3c12. The minimum Gasteiger partial charge on any atom is -0.361 e. The third-order valence-electron chi connectivity index (χ3n) is 2.74. The molecule has 2 heterocycles. The van der Waals surface area contributed by atoms with Gasteiger partial charge in [-0.2, -0.15) is 0 Å². The standard InChI is InChI=1S/C12H10N2O/c1-7-6-13-10-4-3-9-8(12(7)10)2-5-11(15)14-9/h2-6,13H,1H3,(H,14,15). The number of H-pyrrole nitrogens is 2. The highest BCUT2D eigenvalue weighted by molar-refractivity contribution is 6.06. The van der Waals surface area contributed by atoms with Crippen LogP contribution in [-0.2, 0) is 0 Å². The molecule has 0 amide bonds. The van der Waals surface area contributed by atoms with E-state index in [-0.39, 0.29) is 5.56 Å². The Morgan fingerprint density at radius 1 is 1.07 bits per heavy atom. The van der Waals surface area contributed by atoms with Crippen molar-refractivity contribution >= 4 is 21.8 Å². The van der Waals surface area contributed by atoms with Crippen LogP contribution in [0.15, 0.2) is 35.3 Å². The molecule has 0 spiro atoms. The maximum atomic E-state index is 11.2. The lowest BCUT2D eigenvalue weighted by Gasteiger charge is -1.99. The Bertz CT molecular complexity index is 706. The third kappa shape index (κ3) is 1.09. The Hall–Kier alpha value is -2.03. The van der Waals surface area contributed by atoms with Gasteiger partial charge in [-0.25, -0.2) is 0 Å². The molecule has 0 aliphatic rings. The summed E-state index contributed by atoms with van der Waals surface area (Å²) in [6.07, 6.45) is 1.98. The molecule has 0 saturated heterocycles. The maximum absolute atomic E-state index is 11.2. The number of hydrogen-bond donors (Lipinski definition) is 2. The minimum absolute atomic E-state index is 0.0601. The number of aromatic nitrogens is 2. The Morgan fingerprint density at radius 3 is 2.73 bits per heavy atom. The molecule has 0 radical (unpaired) electrons. The van der Waals surface area contributed by atoms with E-state index >= 15 is 0 Å². The van der Waals surface area contributed by atoms with Crippen LogP contribution in [0, 0.1) is 6.92 Å². The highest BCUT2D eigenvalue weighted by Crippen LogP contribution is 2.25. The van der Waals surface area contributed by atoms with Gasteiger partial charge in [-0.1, -0.05) is 0 Å². The summed E-state index contributed by atoms with van der Waals surface area (Å²) < 4.78 is 0. The zero-order valence-corrected chi connectivity index (χ0v) is 8.29. The lowest BCUT2D eigenvalue weighted by molar-refractivity contribution is 1.31. The number of fused-ring (bicyclic) bond motifs is 3. The van der Waals surface area contributed by atoms with Gasteiger partial charge in [0.05, 0.1) is 0 Å². The third-order valence-corrected chi connectivity index (χ3v) is 2.74. The molecule has 2 N–H and O–H groups in total. The van der Waals surface area contributed by atoms with Crippen molar-refractivity contribution in [3.05, 3.63) is 46.4 Å². The number of pyridine rings is 1. The summed E-state index contributed by atoms with van der Waals surface area (Å²) in [5, 5.41) is 2.27.